The molecule has 2 heterocycles. The van der Waals surface area contributed by atoms with Crippen molar-refractivity contribution in [2.45, 2.75) is 18.4 Å². The Balaban J connectivity index is 1.35. The van der Waals surface area contributed by atoms with Gasteiger partial charge in [-0.1, -0.05) is 47.7 Å². The van der Waals surface area contributed by atoms with Gasteiger partial charge in [-0.3, -0.25) is 14.5 Å². The number of hydrogen-bond donors (Lipinski definition) is 2. The monoisotopic (exact) mass is 392 g/mol. The second-order valence-corrected chi connectivity index (χ2v) is 7.95. The Bertz CT molecular complexity index is 1110. The Morgan fingerprint density at radius 3 is 2.82 bits per heavy atom. The average molecular weight is 392 g/mol. The Hall–Kier alpha value is -3.26. The largest absolute Gasteiger partial charge is 0.325 e. The number of aromatic nitrogens is 1. The first-order valence-electron chi connectivity index (χ1n) is 8.95. The minimum absolute atomic E-state index is 0.343. The van der Waals surface area contributed by atoms with Gasteiger partial charge >= 0.3 is 6.03 Å². The second-order valence-electron chi connectivity index (χ2n) is 6.92. The van der Waals surface area contributed by atoms with Gasteiger partial charge in [0.05, 0.1) is 10.2 Å². The Morgan fingerprint density at radius 1 is 1.18 bits per heavy atom. The topological polar surface area (TPSA) is 91.4 Å². The molecule has 28 heavy (non-hydrogen) atoms. The first kappa shape index (κ1) is 16.9. The van der Waals surface area contributed by atoms with Crippen molar-refractivity contribution in [3.8, 4) is 0 Å². The molecule has 1 spiro atoms. The molecule has 1 aromatic heterocycles. The highest BCUT2D eigenvalue weighted by Gasteiger charge is 2.55. The quantitative estimate of drug-likeness (QED) is 0.671. The standard InChI is InChI=1S/C20H16N4O3S/c25-16(22-18-21-14-7-3-4-8-15(14)28-18)11-24-17(26)20(23-19(24)27)10-9-12-5-1-2-6-13(12)20/h1-8H,9-11H2,(H,23,27)(H,21,22,25)/t20-/m1/s1. The van der Waals surface area contributed by atoms with Crippen molar-refractivity contribution >= 4 is 44.5 Å². The summed E-state index contributed by atoms with van der Waals surface area (Å²) in [4.78, 5) is 43.4. The summed E-state index contributed by atoms with van der Waals surface area (Å²) in [6.45, 7) is -0.343. The molecular weight excluding hydrogens is 376 g/mol. The fourth-order valence-electron chi connectivity index (χ4n) is 3.96. The zero-order valence-electron chi connectivity index (χ0n) is 14.8. The third kappa shape index (κ3) is 2.49. The zero-order valence-corrected chi connectivity index (χ0v) is 15.6. The number of carbonyl (C=O) groups is 3. The third-order valence-corrected chi connectivity index (χ3v) is 6.22. The Kier molecular flexibility index (Phi) is 3.70. The average Bonchev–Trinajstić information content (AvgIpc) is 3.33. The molecule has 140 valence electrons. The first-order chi connectivity index (χ1) is 13.6. The van der Waals surface area contributed by atoms with Crippen LogP contribution in [0.15, 0.2) is 48.5 Å². The maximum Gasteiger partial charge on any atom is 0.325 e. The highest BCUT2D eigenvalue weighted by atomic mass is 32.1. The number of benzene rings is 2. The van der Waals surface area contributed by atoms with Crippen LogP contribution in [0.25, 0.3) is 10.2 Å². The van der Waals surface area contributed by atoms with Crippen molar-refractivity contribution in [1.82, 2.24) is 15.2 Å². The molecule has 2 aromatic carbocycles. The highest BCUT2D eigenvalue weighted by molar-refractivity contribution is 7.22. The molecule has 1 fully saturated rings. The molecule has 7 nitrogen and oxygen atoms in total. The van der Waals surface area contributed by atoms with Crippen molar-refractivity contribution in [2.75, 3.05) is 11.9 Å². The number of anilines is 1. The number of hydrogen-bond acceptors (Lipinski definition) is 5. The highest BCUT2D eigenvalue weighted by Crippen LogP contribution is 2.41. The van der Waals surface area contributed by atoms with E-state index in [-0.39, 0.29) is 12.5 Å². The van der Waals surface area contributed by atoms with Gasteiger partial charge in [-0.25, -0.2) is 9.78 Å². The van der Waals surface area contributed by atoms with E-state index in [4.69, 9.17) is 0 Å². The number of fused-ring (bicyclic) bond motifs is 3. The lowest BCUT2D eigenvalue weighted by Gasteiger charge is -2.22. The van der Waals surface area contributed by atoms with Crippen LogP contribution >= 0.6 is 11.3 Å². The molecule has 5 rings (SSSR count). The minimum atomic E-state index is -1.05. The lowest BCUT2D eigenvalue weighted by Crippen LogP contribution is -2.42. The summed E-state index contributed by atoms with van der Waals surface area (Å²) in [7, 11) is 0. The lowest BCUT2D eigenvalue weighted by molar-refractivity contribution is -0.134. The number of urea groups is 1. The van der Waals surface area contributed by atoms with Crippen LogP contribution in [0.4, 0.5) is 9.93 Å². The van der Waals surface area contributed by atoms with E-state index in [9.17, 15) is 14.4 Å². The minimum Gasteiger partial charge on any atom is -0.319 e. The summed E-state index contributed by atoms with van der Waals surface area (Å²) in [5, 5.41) is 5.96. The second kappa shape index (κ2) is 6.13. The van der Waals surface area contributed by atoms with E-state index in [0.717, 1.165) is 26.2 Å². The van der Waals surface area contributed by atoms with Gasteiger partial charge in [0, 0.05) is 0 Å². The lowest BCUT2D eigenvalue weighted by atomic mass is 9.92. The van der Waals surface area contributed by atoms with Gasteiger partial charge in [0.2, 0.25) is 5.91 Å². The zero-order chi connectivity index (χ0) is 19.3. The van der Waals surface area contributed by atoms with Gasteiger partial charge in [-0.2, -0.15) is 0 Å². The van der Waals surface area contributed by atoms with E-state index >= 15 is 0 Å². The molecule has 1 atom stereocenters. The van der Waals surface area contributed by atoms with Crippen molar-refractivity contribution < 1.29 is 14.4 Å². The van der Waals surface area contributed by atoms with Crippen LogP contribution in [0, 0.1) is 0 Å². The first-order valence-corrected chi connectivity index (χ1v) is 9.76. The fraction of sp³-hybridized carbons (Fsp3) is 0.200. The van der Waals surface area contributed by atoms with Crippen molar-refractivity contribution in [2.24, 2.45) is 0 Å². The molecule has 1 saturated heterocycles. The summed E-state index contributed by atoms with van der Waals surface area (Å²) in [5.74, 6) is -0.826. The van der Waals surface area contributed by atoms with E-state index in [0.29, 0.717) is 18.0 Å². The van der Waals surface area contributed by atoms with Gasteiger partial charge in [0.1, 0.15) is 12.1 Å². The maximum absolute atomic E-state index is 13.1. The van der Waals surface area contributed by atoms with Crippen LogP contribution < -0.4 is 10.6 Å². The van der Waals surface area contributed by atoms with Crippen LogP contribution in [0.1, 0.15) is 17.5 Å². The van der Waals surface area contributed by atoms with Gasteiger partial charge < -0.3 is 10.6 Å². The van der Waals surface area contributed by atoms with Crippen molar-refractivity contribution in [3.63, 3.8) is 0 Å². The summed E-state index contributed by atoms with van der Waals surface area (Å²) in [6.07, 6.45) is 1.22. The third-order valence-electron chi connectivity index (χ3n) is 5.26. The van der Waals surface area contributed by atoms with E-state index in [1.54, 1.807) is 0 Å². The number of thiazole rings is 1. The smallest absolute Gasteiger partial charge is 0.319 e. The SMILES string of the molecule is O=C(CN1C(=O)N[C@@]2(CCc3ccccc32)C1=O)Nc1nc2ccccc2s1. The predicted octanol–water partition coefficient (Wildman–Crippen LogP) is 2.63. The summed E-state index contributed by atoms with van der Waals surface area (Å²) in [6, 6.07) is 14.6. The van der Waals surface area contributed by atoms with E-state index in [2.05, 4.69) is 15.6 Å². The number of nitrogens with zero attached hydrogens (tertiary/aromatic N) is 2. The van der Waals surface area contributed by atoms with Crippen LogP contribution in [0.3, 0.4) is 0 Å². The maximum atomic E-state index is 13.1. The molecule has 0 unspecified atom stereocenters. The predicted molar refractivity (Wildman–Crippen MR) is 105 cm³/mol. The molecule has 0 saturated carbocycles. The fourth-order valence-corrected chi connectivity index (χ4v) is 4.84. The van der Waals surface area contributed by atoms with Crippen molar-refractivity contribution in [3.05, 3.63) is 59.7 Å². The molecule has 2 N–H and O–H groups in total. The Morgan fingerprint density at radius 2 is 1.96 bits per heavy atom. The molecule has 4 amide bonds. The Labute approximate surface area is 164 Å². The van der Waals surface area contributed by atoms with E-state index < -0.39 is 17.5 Å². The number of amides is 4. The van der Waals surface area contributed by atoms with Crippen LogP contribution in [-0.4, -0.2) is 34.3 Å². The van der Waals surface area contributed by atoms with Gasteiger partial charge in [0.25, 0.3) is 5.91 Å². The van der Waals surface area contributed by atoms with Crippen LogP contribution in [0.2, 0.25) is 0 Å². The number of rotatable bonds is 3. The van der Waals surface area contributed by atoms with E-state index in [1.165, 1.54) is 11.3 Å². The number of nitrogens with one attached hydrogen (secondary N) is 2. The van der Waals surface area contributed by atoms with Crippen molar-refractivity contribution in [1.29, 1.82) is 0 Å². The number of aryl methyl sites for hydroxylation is 1. The molecule has 0 bridgehead atoms. The normalized spacial score (nSPS) is 20.6. The molecular formula is C20H16N4O3S. The van der Waals surface area contributed by atoms with Crippen LogP contribution in [-0.2, 0) is 21.5 Å². The summed E-state index contributed by atoms with van der Waals surface area (Å²) in [5.41, 5.74) is 1.61. The van der Waals surface area contributed by atoms with Gasteiger partial charge in [-0.05, 0) is 36.1 Å². The van der Waals surface area contributed by atoms with E-state index in [1.807, 2.05) is 48.5 Å². The van der Waals surface area contributed by atoms with Crippen LogP contribution in [0.5, 0.6) is 0 Å². The molecule has 0 radical (unpaired) electrons. The van der Waals surface area contributed by atoms with Gasteiger partial charge in [-0.15, -0.1) is 0 Å². The number of carbonyl (C=O) groups excluding carboxylic acids is 3. The summed E-state index contributed by atoms with van der Waals surface area (Å²) >= 11 is 1.35. The van der Waals surface area contributed by atoms with Gasteiger partial charge in [0.15, 0.2) is 5.13 Å². The molecule has 8 heteroatoms. The molecule has 1 aliphatic heterocycles. The number of para-hydroxylation sites is 1. The number of imide groups is 1. The molecule has 3 aromatic rings. The summed E-state index contributed by atoms with van der Waals surface area (Å²) < 4.78 is 0.953. The molecule has 2 aliphatic rings. The molecule has 1 aliphatic carbocycles.